The third-order valence-corrected chi connectivity index (χ3v) is 6.90. The molecule has 0 radical (unpaired) electrons. The lowest BCUT2D eigenvalue weighted by Crippen LogP contribution is -2.42. The van der Waals surface area contributed by atoms with Gasteiger partial charge in [-0.05, 0) is 36.1 Å². The molecule has 1 heterocycles. The van der Waals surface area contributed by atoms with E-state index in [9.17, 15) is 9.18 Å². The normalized spacial score (nSPS) is 15.3. The second-order valence-corrected chi connectivity index (χ2v) is 8.66. The van der Waals surface area contributed by atoms with Crippen LogP contribution in [-0.4, -0.2) is 20.7 Å². The molecule has 0 spiro atoms. The van der Waals surface area contributed by atoms with Gasteiger partial charge in [-0.15, -0.1) is 10.2 Å². The molecule has 0 unspecified atom stereocenters. The number of carbonyl (C=O) groups is 1. The van der Waals surface area contributed by atoms with E-state index >= 15 is 0 Å². The number of nitrogens with one attached hydrogen (secondary N) is 1. The summed E-state index contributed by atoms with van der Waals surface area (Å²) in [5.74, 6) is 1.14. The van der Waals surface area contributed by atoms with Gasteiger partial charge in [0.2, 0.25) is 5.91 Å². The van der Waals surface area contributed by atoms with Crippen LogP contribution in [0, 0.1) is 5.82 Å². The molecule has 0 aliphatic heterocycles. The molecule has 1 saturated carbocycles. The van der Waals surface area contributed by atoms with Crippen LogP contribution in [0.3, 0.4) is 0 Å². The summed E-state index contributed by atoms with van der Waals surface area (Å²) in [7, 11) is 1.91. The number of hydrogen-bond acceptors (Lipinski definition) is 4. The molecule has 0 atom stereocenters. The van der Waals surface area contributed by atoms with Crippen LogP contribution in [0.15, 0.2) is 59.8 Å². The average molecular weight is 425 g/mol. The molecule has 7 heteroatoms. The minimum Gasteiger partial charge on any atom is -0.348 e. The van der Waals surface area contributed by atoms with Crippen molar-refractivity contribution in [2.24, 2.45) is 7.05 Å². The van der Waals surface area contributed by atoms with Gasteiger partial charge in [-0.3, -0.25) is 4.79 Å². The first-order valence-electron chi connectivity index (χ1n) is 10.2. The van der Waals surface area contributed by atoms with Gasteiger partial charge in [-0.1, -0.05) is 67.1 Å². The molecular weight excluding hydrogens is 399 g/mol. The predicted octanol–water partition coefficient (Wildman–Crippen LogP) is 4.37. The Morgan fingerprint density at radius 3 is 2.63 bits per heavy atom. The first-order valence-corrected chi connectivity index (χ1v) is 11.2. The Labute approximate surface area is 180 Å². The van der Waals surface area contributed by atoms with E-state index < -0.39 is 5.41 Å². The van der Waals surface area contributed by atoms with E-state index in [1.807, 2.05) is 35.9 Å². The number of halogens is 1. The Morgan fingerprint density at radius 1 is 1.13 bits per heavy atom. The quantitative estimate of drug-likeness (QED) is 0.572. The molecule has 1 aromatic heterocycles. The monoisotopic (exact) mass is 424 g/mol. The lowest BCUT2D eigenvalue weighted by Gasteiger charge is -2.28. The van der Waals surface area contributed by atoms with Gasteiger partial charge in [0.05, 0.1) is 12.0 Å². The fourth-order valence-corrected chi connectivity index (χ4v) is 4.97. The van der Waals surface area contributed by atoms with E-state index in [0.29, 0.717) is 12.4 Å². The van der Waals surface area contributed by atoms with Crippen molar-refractivity contribution < 1.29 is 9.18 Å². The molecule has 30 heavy (non-hydrogen) atoms. The zero-order chi connectivity index (χ0) is 21.0. The largest absolute Gasteiger partial charge is 0.348 e. The van der Waals surface area contributed by atoms with Crippen molar-refractivity contribution in [2.75, 3.05) is 0 Å². The number of amides is 1. The zero-order valence-corrected chi connectivity index (χ0v) is 17.8. The molecule has 1 amide bonds. The van der Waals surface area contributed by atoms with Crippen LogP contribution in [0.4, 0.5) is 4.39 Å². The molecule has 1 fully saturated rings. The van der Waals surface area contributed by atoms with Crippen molar-refractivity contribution in [3.63, 3.8) is 0 Å². The van der Waals surface area contributed by atoms with Gasteiger partial charge in [0, 0.05) is 12.8 Å². The molecule has 3 aromatic rings. The Balaban J connectivity index is 1.42. The summed E-state index contributed by atoms with van der Waals surface area (Å²) in [5.41, 5.74) is 1.32. The van der Waals surface area contributed by atoms with Gasteiger partial charge < -0.3 is 9.88 Å². The first-order chi connectivity index (χ1) is 14.6. The van der Waals surface area contributed by atoms with Crippen LogP contribution in [-0.2, 0) is 29.6 Å². The molecular formula is C23H25FN4OS. The Morgan fingerprint density at radius 2 is 1.90 bits per heavy atom. The summed E-state index contributed by atoms with van der Waals surface area (Å²) < 4.78 is 15.7. The number of benzene rings is 2. The molecule has 1 aliphatic carbocycles. The van der Waals surface area contributed by atoms with Gasteiger partial charge in [-0.25, -0.2) is 4.39 Å². The van der Waals surface area contributed by atoms with Crippen LogP contribution < -0.4 is 5.32 Å². The van der Waals surface area contributed by atoms with Crippen LogP contribution in [0.5, 0.6) is 0 Å². The maximum absolute atomic E-state index is 13.8. The van der Waals surface area contributed by atoms with E-state index in [1.54, 1.807) is 17.8 Å². The fourth-order valence-electron chi connectivity index (χ4n) is 4.09. The summed E-state index contributed by atoms with van der Waals surface area (Å²) in [6.07, 6.45) is 3.40. The van der Waals surface area contributed by atoms with Crippen molar-refractivity contribution in [3.8, 4) is 0 Å². The number of nitrogens with zero attached hydrogens (tertiary/aromatic N) is 3. The van der Waals surface area contributed by atoms with Crippen molar-refractivity contribution >= 4 is 17.7 Å². The standard InChI is InChI=1S/C23H25FN4OS/c1-28-20(26-27-22(28)30-16-17-8-3-2-4-9-17)15-25-21(29)23(12-5-6-13-23)18-10-7-11-19(24)14-18/h2-4,7-11,14H,5-6,12-13,15-16H2,1H3,(H,25,29). The molecule has 0 saturated heterocycles. The van der Waals surface area contributed by atoms with E-state index in [1.165, 1.54) is 17.7 Å². The fraction of sp³-hybridized carbons (Fsp3) is 0.348. The summed E-state index contributed by atoms with van der Waals surface area (Å²) in [6, 6.07) is 16.6. The summed E-state index contributed by atoms with van der Waals surface area (Å²) in [5, 5.41) is 12.4. The van der Waals surface area contributed by atoms with Gasteiger partial charge in [0.1, 0.15) is 5.82 Å². The predicted molar refractivity (Wildman–Crippen MR) is 115 cm³/mol. The molecule has 4 rings (SSSR count). The minimum absolute atomic E-state index is 0.0629. The number of carbonyl (C=O) groups excluding carboxylic acids is 1. The Bertz CT molecular complexity index is 1020. The number of rotatable bonds is 7. The summed E-state index contributed by atoms with van der Waals surface area (Å²) >= 11 is 1.61. The van der Waals surface area contributed by atoms with Gasteiger partial charge in [0.25, 0.3) is 0 Å². The van der Waals surface area contributed by atoms with Crippen molar-refractivity contribution in [3.05, 3.63) is 77.4 Å². The highest BCUT2D eigenvalue weighted by atomic mass is 32.2. The van der Waals surface area contributed by atoms with Crippen molar-refractivity contribution in [1.29, 1.82) is 0 Å². The van der Waals surface area contributed by atoms with Crippen LogP contribution in [0.1, 0.15) is 42.6 Å². The van der Waals surface area contributed by atoms with Crippen LogP contribution in [0.2, 0.25) is 0 Å². The van der Waals surface area contributed by atoms with Gasteiger partial charge in [-0.2, -0.15) is 0 Å². The van der Waals surface area contributed by atoms with Crippen molar-refractivity contribution in [1.82, 2.24) is 20.1 Å². The van der Waals surface area contributed by atoms with Gasteiger partial charge >= 0.3 is 0 Å². The molecule has 156 valence electrons. The van der Waals surface area contributed by atoms with E-state index in [0.717, 1.165) is 42.2 Å². The second kappa shape index (κ2) is 9.00. The molecule has 5 nitrogen and oxygen atoms in total. The lowest BCUT2D eigenvalue weighted by atomic mass is 9.78. The highest BCUT2D eigenvalue weighted by Crippen LogP contribution is 2.41. The molecule has 1 N–H and O–H groups in total. The number of thioether (sulfide) groups is 1. The third kappa shape index (κ3) is 4.26. The molecule has 0 bridgehead atoms. The highest BCUT2D eigenvalue weighted by molar-refractivity contribution is 7.98. The number of hydrogen-bond donors (Lipinski definition) is 1. The number of aromatic nitrogens is 3. The van der Waals surface area contributed by atoms with Crippen LogP contribution in [0.25, 0.3) is 0 Å². The second-order valence-electron chi connectivity index (χ2n) is 7.71. The van der Waals surface area contributed by atoms with E-state index in [2.05, 4.69) is 27.6 Å². The topological polar surface area (TPSA) is 59.8 Å². The summed E-state index contributed by atoms with van der Waals surface area (Å²) in [4.78, 5) is 13.2. The zero-order valence-electron chi connectivity index (χ0n) is 17.0. The summed E-state index contributed by atoms with van der Waals surface area (Å²) in [6.45, 7) is 0.297. The average Bonchev–Trinajstić information content (AvgIpc) is 3.39. The maximum Gasteiger partial charge on any atom is 0.231 e. The van der Waals surface area contributed by atoms with Crippen molar-refractivity contribution in [2.45, 2.75) is 48.6 Å². The van der Waals surface area contributed by atoms with Gasteiger partial charge in [0.15, 0.2) is 11.0 Å². The third-order valence-electron chi connectivity index (χ3n) is 5.81. The van der Waals surface area contributed by atoms with Crippen LogP contribution >= 0.6 is 11.8 Å². The first kappa shape index (κ1) is 20.6. The van der Waals surface area contributed by atoms with E-state index in [4.69, 9.17) is 0 Å². The minimum atomic E-state index is -0.661. The Kier molecular flexibility index (Phi) is 6.18. The SMILES string of the molecule is Cn1c(CNC(=O)C2(c3cccc(F)c3)CCCC2)nnc1SCc1ccccc1. The van der Waals surface area contributed by atoms with E-state index in [-0.39, 0.29) is 11.7 Å². The smallest absolute Gasteiger partial charge is 0.231 e. The lowest BCUT2D eigenvalue weighted by molar-refractivity contribution is -0.126. The molecule has 2 aromatic carbocycles. The maximum atomic E-state index is 13.8. The molecule has 1 aliphatic rings. The highest BCUT2D eigenvalue weighted by Gasteiger charge is 2.42. The Hall–Kier alpha value is -2.67.